The number of carbonyl (C=O) groups is 1. The molecule has 2 rings (SSSR count). The molecule has 0 spiro atoms. The minimum absolute atomic E-state index is 0.126. The number of phenolic OH excluding ortho intramolecular Hbond substituents is 1. The second-order valence-corrected chi connectivity index (χ2v) is 4.86. The van der Waals surface area contributed by atoms with Crippen LogP contribution in [0.5, 0.6) is 23.0 Å². The first-order valence-corrected chi connectivity index (χ1v) is 6.28. The Morgan fingerprint density at radius 3 is 2.42 bits per heavy atom. The first kappa shape index (κ1) is 13.5. The highest BCUT2D eigenvalue weighted by Crippen LogP contribution is 2.31. The summed E-state index contributed by atoms with van der Waals surface area (Å²) in [5, 5.41) is 27.6. The summed E-state index contributed by atoms with van der Waals surface area (Å²) in [6, 6.07) is 8.53. The summed E-state index contributed by atoms with van der Waals surface area (Å²) in [7, 11) is 0. The van der Waals surface area contributed by atoms with E-state index in [0.717, 1.165) is 0 Å². The summed E-state index contributed by atoms with van der Waals surface area (Å²) in [6.45, 7) is 0. The van der Waals surface area contributed by atoms with Crippen LogP contribution in [0.4, 0.5) is 0 Å². The van der Waals surface area contributed by atoms with Crippen molar-refractivity contribution in [3.05, 3.63) is 45.5 Å². The number of halogens is 1. The van der Waals surface area contributed by atoms with Crippen molar-refractivity contribution in [2.24, 2.45) is 0 Å². The van der Waals surface area contributed by atoms with Gasteiger partial charge in [0.25, 0.3) is 0 Å². The Labute approximate surface area is 122 Å². The normalized spacial score (nSPS) is 10.2. The fourth-order valence-electron chi connectivity index (χ4n) is 1.46. The lowest BCUT2D eigenvalue weighted by Gasteiger charge is -2.09. The highest BCUT2D eigenvalue weighted by atomic mass is 127. The molecule has 0 aliphatic carbocycles. The van der Waals surface area contributed by atoms with Crippen LogP contribution in [0.15, 0.2) is 36.4 Å². The fourth-order valence-corrected chi connectivity index (χ4v) is 2.06. The fraction of sp³-hybridized carbons (Fsp3) is 0. The Bertz CT molecular complexity index is 639. The average molecular weight is 372 g/mol. The van der Waals surface area contributed by atoms with Gasteiger partial charge in [-0.2, -0.15) is 0 Å². The van der Waals surface area contributed by atoms with Gasteiger partial charge in [-0.25, -0.2) is 4.79 Å². The third-order valence-electron chi connectivity index (χ3n) is 2.34. The molecule has 0 atom stereocenters. The predicted molar refractivity (Wildman–Crippen MR) is 76.0 cm³/mol. The van der Waals surface area contributed by atoms with Crippen molar-refractivity contribution in [1.29, 1.82) is 0 Å². The number of carboxylic acids is 1. The largest absolute Gasteiger partial charge is 0.508 e. The molecule has 0 amide bonds. The zero-order chi connectivity index (χ0) is 14.0. The van der Waals surface area contributed by atoms with Crippen LogP contribution >= 0.6 is 22.6 Å². The number of benzene rings is 2. The zero-order valence-corrected chi connectivity index (χ0v) is 11.7. The van der Waals surface area contributed by atoms with E-state index in [-0.39, 0.29) is 17.1 Å². The number of hydrogen-bond acceptors (Lipinski definition) is 4. The molecule has 98 valence electrons. The first-order chi connectivity index (χ1) is 8.97. The van der Waals surface area contributed by atoms with Gasteiger partial charge >= 0.3 is 5.97 Å². The number of carboxylic acid groups (broad SMARTS) is 1. The first-order valence-electron chi connectivity index (χ1n) is 5.20. The minimum atomic E-state index is -1.21. The number of rotatable bonds is 3. The number of aromatic hydroxyl groups is 2. The maximum absolute atomic E-state index is 10.8. The van der Waals surface area contributed by atoms with E-state index >= 15 is 0 Å². The van der Waals surface area contributed by atoms with Crippen molar-refractivity contribution < 1.29 is 24.9 Å². The summed E-state index contributed by atoms with van der Waals surface area (Å²) in [5.41, 5.74) is -0.187. The van der Waals surface area contributed by atoms with E-state index in [1.54, 1.807) is 6.07 Å². The number of ether oxygens (including phenoxy) is 1. The number of phenols is 2. The molecule has 0 saturated carbocycles. The third kappa shape index (κ3) is 3.08. The maximum atomic E-state index is 10.8. The smallest absolute Gasteiger partial charge is 0.339 e. The van der Waals surface area contributed by atoms with Crippen LogP contribution in [0.2, 0.25) is 0 Å². The van der Waals surface area contributed by atoms with Gasteiger partial charge < -0.3 is 20.1 Å². The van der Waals surface area contributed by atoms with Crippen LogP contribution < -0.4 is 4.74 Å². The highest BCUT2D eigenvalue weighted by molar-refractivity contribution is 14.1. The SMILES string of the molecule is O=C(O)c1ccc(Oc2ccc(O)cc2I)cc1O. The van der Waals surface area contributed by atoms with Gasteiger partial charge in [0.05, 0.1) is 3.57 Å². The van der Waals surface area contributed by atoms with E-state index in [1.807, 2.05) is 22.6 Å². The molecule has 0 heterocycles. The molecule has 0 aromatic heterocycles. The van der Waals surface area contributed by atoms with Crippen molar-refractivity contribution >= 4 is 28.6 Å². The maximum Gasteiger partial charge on any atom is 0.339 e. The van der Waals surface area contributed by atoms with Crippen molar-refractivity contribution in [2.45, 2.75) is 0 Å². The van der Waals surface area contributed by atoms with Crippen molar-refractivity contribution in [1.82, 2.24) is 0 Å². The molecule has 2 aromatic rings. The second-order valence-electron chi connectivity index (χ2n) is 3.70. The van der Waals surface area contributed by atoms with Crippen LogP contribution in [0.1, 0.15) is 10.4 Å². The topological polar surface area (TPSA) is 87.0 Å². The van der Waals surface area contributed by atoms with E-state index in [4.69, 9.17) is 9.84 Å². The summed E-state index contributed by atoms with van der Waals surface area (Å²) in [5.74, 6) is -0.630. The molecule has 0 aliphatic rings. The van der Waals surface area contributed by atoms with Gasteiger partial charge in [-0.3, -0.25) is 0 Å². The number of hydrogen-bond donors (Lipinski definition) is 3. The van der Waals surface area contributed by atoms with Gasteiger partial charge in [0.15, 0.2) is 0 Å². The summed E-state index contributed by atoms with van der Waals surface area (Å²) in [6.07, 6.45) is 0. The summed E-state index contributed by atoms with van der Waals surface area (Å²) >= 11 is 2.00. The highest BCUT2D eigenvalue weighted by Gasteiger charge is 2.11. The van der Waals surface area contributed by atoms with E-state index in [9.17, 15) is 15.0 Å². The van der Waals surface area contributed by atoms with Crippen LogP contribution in [0, 0.1) is 3.57 Å². The zero-order valence-electron chi connectivity index (χ0n) is 9.50. The molecule has 0 aliphatic heterocycles. The van der Waals surface area contributed by atoms with E-state index in [1.165, 1.54) is 30.3 Å². The van der Waals surface area contributed by atoms with E-state index in [0.29, 0.717) is 15.1 Å². The standard InChI is InChI=1S/C13H9IO5/c14-10-5-7(15)1-4-12(10)19-8-2-3-9(13(17)18)11(16)6-8/h1-6,15-16H,(H,17,18). The number of aromatic carboxylic acids is 1. The van der Waals surface area contributed by atoms with Crippen molar-refractivity contribution in [3.63, 3.8) is 0 Å². The Kier molecular flexibility index (Phi) is 3.79. The third-order valence-corrected chi connectivity index (χ3v) is 3.19. The van der Waals surface area contributed by atoms with Gasteiger partial charge in [-0.15, -0.1) is 0 Å². The van der Waals surface area contributed by atoms with Crippen molar-refractivity contribution in [3.8, 4) is 23.0 Å². The Balaban J connectivity index is 2.29. The van der Waals surface area contributed by atoms with Crippen LogP contribution in [-0.2, 0) is 0 Å². The van der Waals surface area contributed by atoms with Gasteiger partial charge in [0.2, 0.25) is 0 Å². The molecular weight excluding hydrogens is 363 g/mol. The minimum Gasteiger partial charge on any atom is -0.508 e. The molecule has 2 aromatic carbocycles. The lowest BCUT2D eigenvalue weighted by atomic mass is 10.2. The van der Waals surface area contributed by atoms with Gasteiger partial charge in [-0.1, -0.05) is 0 Å². The molecule has 0 fully saturated rings. The summed E-state index contributed by atoms with van der Waals surface area (Å²) in [4.78, 5) is 10.8. The van der Waals surface area contributed by atoms with E-state index in [2.05, 4.69) is 0 Å². The van der Waals surface area contributed by atoms with Crippen LogP contribution in [0.25, 0.3) is 0 Å². The molecule has 19 heavy (non-hydrogen) atoms. The molecular formula is C13H9IO5. The molecule has 3 N–H and O–H groups in total. The van der Waals surface area contributed by atoms with Crippen LogP contribution in [0.3, 0.4) is 0 Å². The van der Waals surface area contributed by atoms with Gasteiger partial charge in [0, 0.05) is 6.07 Å². The quantitative estimate of drug-likeness (QED) is 0.721. The Morgan fingerprint density at radius 2 is 1.84 bits per heavy atom. The molecule has 0 unspecified atom stereocenters. The Morgan fingerprint density at radius 1 is 1.11 bits per heavy atom. The molecule has 0 radical (unpaired) electrons. The predicted octanol–water partition coefficient (Wildman–Crippen LogP) is 3.19. The van der Waals surface area contributed by atoms with Gasteiger partial charge in [-0.05, 0) is 52.9 Å². The van der Waals surface area contributed by atoms with Crippen molar-refractivity contribution in [2.75, 3.05) is 0 Å². The molecule has 0 saturated heterocycles. The lowest BCUT2D eigenvalue weighted by molar-refractivity contribution is 0.0693. The molecule has 6 heteroatoms. The average Bonchev–Trinajstić information content (AvgIpc) is 2.32. The van der Waals surface area contributed by atoms with Crippen LogP contribution in [-0.4, -0.2) is 21.3 Å². The van der Waals surface area contributed by atoms with E-state index < -0.39 is 5.97 Å². The molecule has 5 nitrogen and oxygen atoms in total. The monoisotopic (exact) mass is 372 g/mol. The Hall–Kier alpha value is -1.96. The van der Waals surface area contributed by atoms with Gasteiger partial charge in [0.1, 0.15) is 28.6 Å². The summed E-state index contributed by atoms with van der Waals surface area (Å²) < 4.78 is 6.20. The second kappa shape index (κ2) is 5.35. The molecule has 0 bridgehead atoms. The lowest BCUT2D eigenvalue weighted by Crippen LogP contribution is -1.96.